The van der Waals surface area contributed by atoms with Crippen LogP contribution in [0, 0.1) is 0 Å². The van der Waals surface area contributed by atoms with Crippen LogP contribution in [0.3, 0.4) is 0 Å². The van der Waals surface area contributed by atoms with Gasteiger partial charge in [-0.25, -0.2) is 0 Å². The Morgan fingerprint density at radius 1 is 0.286 bits per heavy atom. The molecule has 0 unspecified atom stereocenters. The van der Waals surface area contributed by atoms with Crippen molar-refractivity contribution in [3.63, 3.8) is 0 Å². The van der Waals surface area contributed by atoms with Crippen LogP contribution in [0.2, 0.25) is 0 Å². The lowest BCUT2D eigenvalue weighted by molar-refractivity contribution is -0.0233. The monoisotopic (exact) mass is 608 g/mol. The van der Waals surface area contributed by atoms with Crippen molar-refractivity contribution in [2.24, 2.45) is 0 Å². The van der Waals surface area contributed by atoms with Gasteiger partial charge in [-0.05, 0) is 20.5 Å². The smallest absolute Gasteiger partial charge is 0.0701 e. The van der Waals surface area contributed by atoms with Crippen LogP contribution >= 0.6 is 0 Å². The molecule has 9 nitrogen and oxygen atoms in total. The predicted octanol–water partition coefficient (Wildman–Crippen LogP) is 5.77. The first-order valence-corrected chi connectivity index (χ1v) is 17.0. The van der Waals surface area contributed by atoms with E-state index in [-0.39, 0.29) is 0 Å². The van der Waals surface area contributed by atoms with Crippen molar-refractivity contribution in [1.29, 1.82) is 0 Å². The van der Waals surface area contributed by atoms with Gasteiger partial charge in [0.15, 0.2) is 0 Å². The summed E-state index contributed by atoms with van der Waals surface area (Å²) in [5, 5.41) is 0. The van der Waals surface area contributed by atoms with Gasteiger partial charge in [0, 0.05) is 13.2 Å². The molecule has 9 heteroatoms. The van der Waals surface area contributed by atoms with E-state index in [0.29, 0.717) is 92.5 Å². The topological polar surface area (TPSA) is 77.1 Å². The molecule has 0 rings (SSSR count). The summed E-state index contributed by atoms with van der Waals surface area (Å²) in [4.78, 5) is 2.09. The minimum Gasteiger partial charge on any atom is -0.379 e. The third-order valence-corrected chi connectivity index (χ3v) is 6.68. The minimum atomic E-state index is 0.548. The van der Waals surface area contributed by atoms with Crippen LogP contribution in [0.15, 0.2) is 0 Å². The molecule has 254 valence electrons. The lowest BCUT2D eigenvalue weighted by Crippen LogP contribution is -2.19. The molecule has 0 heterocycles. The zero-order valence-electron chi connectivity index (χ0n) is 27.9. The molecule has 0 saturated carbocycles. The van der Waals surface area contributed by atoms with Gasteiger partial charge in [-0.1, -0.05) is 84.0 Å². The molecular weight excluding hydrogens is 538 g/mol. The first-order valence-electron chi connectivity index (χ1n) is 17.0. The van der Waals surface area contributed by atoms with E-state index < -0.39 is 0 Å². The van der Waals surface area contributed by atoms with E-state index in [9.17, 15) is 0 Å². The Labute approximate surface area is 259 Å². The Bertz CT molecular complexity index is 473. The maximum Gasteiger partial charge on any atom is 0.0701 e. The number of rotatable bonds is 38. The van der Waals surface area contributed by atoms with Crippen LogP contribution in [-0.2, 0) is 37.9 Å². The third kappa shape index (κ3) is 39.6. The number of nitrogens with zero attached hydrogens (tertiary/aromatic N) is 1. The molecule has 0 aromatic heterocycles. The number of ether oxygens (including phenoxy) is 8. The van der Waals surface area contributed by atoms with Crippen molar-refractivity contribution in [3.8, 4) is 0 Å². The Morgan fingerprint density at radius 3 is 0.810 bits per heavy atom. The zero-order valence-corrected chi connectivity index (χ0v) is 27.9. The van der Waals surface area contributed by atoms with E-state index in [1.807, 2.05) is 14.1 Å². The Balaban J connectivity index is 3.03. The van der Waals surface area contributed by atoms with Gasteiger partial charge in [-0.2, -0.15) is 0 Å². The largest absolute Gasteiger partial charge is 0.379 e. The molecule has 0 aliphatic rings. The number of unbranched alkanes of at least 4 members (excludes halogenated alkanes) is 12. The third-order valence-electron chi connectivity index (χ3n) is 6.68. The van der Waals surface area contributed by atoms with Gasteiger partial charge in [-0.3, -0.25) is 0 Å². The summed E-state index contributed by atoms with van der Waals surface area (Å²) in [6.07, 6.45) is 17.9. The summed E-state index contributed by atoms with van der Waals surface area (Å²) in [7, 11) is 4.06. The van der Waals surface area contributed by atoms with E-state index in [2.05, 4.69) is 11.8 Å². The standard InChI is InChI=1S/C33H69NO8/c1-4-5-6-7-8-9-10-11-12-13-14-15-16-18-35-20-22-37-24-26-39-28-30-41-32-33-42-31-29-40-27-25-38-23-21-36-19-17-34(2)3/h4-33H2,1-3H3. The fourth-order valence-corrected chi connectivity index (χ4v) is 4.11. The lowest BCUT2D eigenvalue weighted by Gasteiger charge is -2.10. The summed E-state index contributed by atoms with van der Waals surface area (Å²) >= 11 is 0. The van der Waals surface area contributed by atoms with Gasteiger partial charge in [0.05, 0.1) is 99.1 Å². The van der Waals surface area contributed by atoms with Crippen molar-refractivity contribution in [1.82, 2.24) is 4.90 Å². The number of hydrogen-bond donors (Lipinski definition) is 0. The van der Waals surface area contributed by atoms with Crippen LogP contribution in [0.4, 0.5) is 0 Å². The van der Waals surface area contributed by atoms with Crippen LogP contribution in [0.5, 0.6) is 0 Å². The maximum absolute atomic E-state index is 5.67. The fraction of sp³-hybridized carbons (Fsp3) is 1.00. The van der Waals surface area contributed by atoms with Crippen LogP contribution in [-0.4, -0.2) is 131 Å². The second kappa shape index (κ2) is 38.7. The molecule has 0 spiro atoms. The molecular formula is C33H69NO8. The van der Waals surface area contributed by atoms with Crippen molar-refractivity contribution in [2.45, 2.75) is 90.4 Å². The first-order chi connectivity index (χ1) is 20.8. The molecule has 0 aromatic rings. The molecule has 0 saturated heterocycles. The average Bonchev–Trinajstić information content (AvgIpc) is 2.98. The quantitative estimate of drug-likeness (QED) is 0.0813. The van der Waals surface area contributed by atoms with Crippen molar-refractivity contribution >= 4 is 0 Å². The molecule has 0 aliphatic carbocycles. The number of likely N-dealkylation sites (N-methyl/N-ethyl adjacent to an activating group) is 1. The van der Waals surface area contributed by atoms with Crippen molar-refractivity contribution in [3.05, 3.63) is 0 Å². The van der Waals surface area contributed by atoms with Crippen LogP contribution in [0.1, 0.15) is 90.4 Å². The first kappa shape index (κ1) is 41.6. The van der Waals surface area contributed by atoms with Crippen LogP contribution in [0.25, 0.3) is 0 Å². The van der Waals surface area contributed by atoms with E-state index in [1.165, 1.54) is 77.0 Å². The SMILES string of the molecule is CCCCCCCCCCCCCCCOCCOCCOCCOCCOCCOCCOCCOCCN(C)C. The van der Waals surface area contributed by atoms with E-state index in [4.69, 9.17) is 37.9 Å². The van der Waals surface area contributed by atoms with Gasteiger partial charge >= 0.3 is 0 Å². The molecule has 0 aliphatic heterocycles. The number of hydrogen-bond acceptors (Lipinski definition) is 9. The average molecular weight is 608 g/mol. The van der Waals surface area contributed by atoms with Crippen molar-refractivity contribution in [2.75, 3.05) is 126 Å². The summed E-state index contributed by atoms with van der Waals surface area (Å²) in [5.74, 6) is 0. The molecule has 0 aromatic carbocycles. The highest BCUT2D eigenvalue weighted by Crippen LogP contribution is 2.12. The highest BCUT2D eigenvalue weighted by molar-refractivity contribution is 4.49. The minimum absolute atomic E-state index is 0.548. The second-order valence-corrected chi connectivity index (χ2v) is 10.9. The fourth-order valence-electron chi connectivity index (χ4n) is 4.11. The summed E-state index contributed by atoms with van der Waals surface area (Å²) in [6.45, 7) is 12.9. The Morgan fingerprint density at radius 2 is 0.524 bits per heavy atom. The molecule has 42 heavy (non-hydrogen) atoms. The molecule has 0 bridgehead atoms. The molecule has 0 fully saturated rings. The van der Waals surface area contributed by atoms with Gasteiger partial charge in [-0.15, -0.1) is 0 Å². The van der Waals surface area contributed by atoms with E-state index >= 15 is 0 Å². The summed E-state index contributed by atoms with van der Waals surface area (Å²) in [5.41, 5.74) is 0. The molecule has 0 radical (unpaired) electrons. The van der Waals surface area contributed by atoms with Crippen LogP contribution < -0.4 is 0 Å². The molecule has 0 amide bonds. The predicted molar refractivity (Wildman–Crippen MR) is 171 cm³/mol. The van der Waals surface area contributed by atoms with Gasteiger partial charge in [0.25, 0.3) is 0 Å². The van der Waals surface area contributed by atoms with Gasteiger partial charge < -0.3 is 42.8 Å². The Kier molecular flexibility index (Phi) is 38.3. The van der Waals surface area contributed by atoms with E-state index in [1.54, 1.807) is 0 Å². The highest BCUT2D eigenvalue weighted by Gasteiger charge is 1.97. The van der Waals surface area contributed by atoms with E-state index in [0.717, 1.165) is 26.2 Å². The summed E-state index contributed by atoms with van der Waals surface area (Å²) < 4.78 is 44.1. The highest BCUT2D eigenvalue weighted by atomic mass is 16.6. The lowest BCUT2D eigenvalue weighted by atomic mass is 10.0. The molecule has 0 atom stereocenters. The second-order valence-electron chi connectivity index (χ2n) is 10.9. The van der Waals surface area contributed by atoms with Gasteiger partial charge in [0.1, 0.15) is 0 Å². The van der Waals surface area contributed by atoms with Crippen molar-refractivity contribution < 1.29 is 37.9 Å². The molecule has 0 N–H and O–H groups in total. The zero-order chi connectivity index (χ0) is 30.4. The maximum atomic E-state index is 5.67. The normalized spacial score (nSPS) is 11.7. The Hall–Kier alpha value is -0.360. The summed E-state index contributed by atoms with van der Waals surface area (Å²) in [6, 6.07) is 0. The van der Waals surface area contributed by atoms with Gasteiger partial charge in [0.2, 0.25) is 0 Å².